The van der Waals surface area contributed by atoms with Gasteiger partial charge in [0.25, 0.3) is 0 Å². The maximum Gasteiger partial charge on any atom is 3.00 e. The molecule has 0 amide bonds. The third-order valence-corrected chi connectivity index (χ3v) is 7.48. The number of nitrogens with two attached hydrogens (primary N) is 1. The fourth-order valence-electron chi connectivity index (χ4n) is 3.45. The van der Waals surface area contributed by atoms with Crippen LogP contribution in [0.2, 0.25) is 0 Å². The van der Waals surface area contributed by atoms with Gasteiger partial charge in [-0.25, -0.2) is 0 Å². The number of aliphatic hydroxyl groups is 3. The Hall–Kier alpha value is -2.17. The van der Waals surface area contributed by atoms with Crippen molar-refractivity contribution in [2.45, 2.75) is 6.54 Å². The Morgan fingerprint density at radius 3 is 1.68 bits per heavy atom. The minimum Gasteiger partial charge on any atom is -1.00 e. The van der Waals surface area contributed by atoms with Crippen molar-refractivity contribution >= 4 is 47.4 Å². The van der Waals surface area contributed by atoms with Gasteiger partial charge in [-0.2, -0.15) is 30.3 Å². The predicted molar refractivity (Wildman–Crippen MR) is 179 cm³/mol. The summed E-state index contributed by atoms with van der Waals surface area (Å²) < 4.78 is 0. The van der Waals surface area contributed by atoms with Gasteiger partial charge in [0.05, 0.1) is 20.6 Å². The van der Waals surface area contributed by atoms with Crippen LogP contribution in [-0.4, -0.2) is 62.1 Å². The standard InChI is InChI=1S/C20H18N3PS.C9H12N.3CH4O.Au.2ClH/c21-20(25)23-22-15-16-9-7-8-14-19(16)24(17-10-3-1-4-11-17)18-12-5-2-6-13-18;1-10(2)8-9-6-4-3-5-7-9;3*1-2;;;/h1-15H,(H3,21,23,25);3-6H,8H2,1-2H3;3*2H,1H3;;2*1H/q;-1;;;;+3;;/p-2/b22-15+;;;;;;;. The van der Waals surface area contributed by atoms with Crippen molar-refractivity contribution in [3.05, 3.63) is 132 Å². The first-order valence-electron chi connectivity index (χ1n) is 12.7. The summed E-state index contributed by atoms with van der Waals surface area (Å²) in [6.45, 7) is 1.06. The van der Waals surface area contributed by atoms with Gasteiger partial charge in [0.15, 0.2) is 0 Å². The number of halogens is 2. The monoisotopic (exact) mass is 860 g/mol. The molecule has 0 aliphatic rings. The Bertz CT molecular complexity index is 1190. The molecule has 0 bridgehead atoms. The molecule has 4 aromatic carbocycles. The summed E-state index contributed by atoms with van der Waals surface area (Å²) in [6.07, 6.45) is 1.72. The van der Waals surface area contributed by atoms with Crippen molar-refractivity contribution in [2.75, 3.05) is 35.4 Å². The van der Waals surface area contributed by atoms with Crippen molar-refractivity contribution < 1.29 is 67.4 Å². The fourth-order valence-corrected chi connectivity index (χ4v) is 5.92. The molecule has 0 radical (unpaired) electrons. The van der Waals surface area contributed by atoms with E-state index in [2.05, 4.69) is 103 Å². The van der Waals surface area contributed by atoms with Crippen molar-refractivity contribution in [3.8, 4) is 0 Å². The molecule has 0 unspecified atom stereocenters. The Balaban J connectivity index is -0.000000357. The Morgan fingerprint density at radius 1 is 0.795 bits per heavy atom. The molecule has 0 heterocycles. The summed E-state index contributed by atoms with van der Waals surface area (Å²) >= 11 is 4.75. The quantitative estimate of drug-likeness (QED) is 0.0329. The van der Waals surface area contributed by atoms with E-state index in [9.17, 15) is 0 Å². The number of quaternary nitrogens is 1. The van der Waals surface area contributed by atoms with E-state index in [1.165, 1.54) is 26.4 Å². The summed E-state index contributed by atoms with van der Waals surface area (Å²) in [6, 6.07) is 40.6. The molecule has 7 nitrogen and oxygen atoms in total. The van der Waals surface area contributed by atoms with Crippen LogP contribution in [0.4, 0.5) is 0 Å². The third-order valence-electron chi connectivity index (χ3n) is 4.88. The van der Waals surface area contributed by atoms with Gasteiger partial charge >= 0.3 is 22.4 Å². The zero-order valence-corrected chi connectivity index (χ0v) is 30.8. The minimum absolute atomic E-state index is 0. The first kappa shape index (κ1) is 48.7. The molecule has 0 saturated heterocycles. The predicted octanol–water partition coefficient (Wildman–Crippen LogP) is -3.64. The summed E-state index contributed by atoms with van der Waals surface area (Å²) in [5.74, 6) is 0. The summed E-state index contributed by atoms with van der Waals surface area (Å²) in [7, 11) is 6.58. The molecule has 0 atom stereocenters. The van der Waals surface area contributed by atoms with E-state index in [1.807, 2.05) is 36.4 Å². The number of hydrogen-bond acceptors (Lipinski definition) is 5. The van der Waals surface area contributed by atoms with Crippen LogP contribution in [0.1, 0.15) is 11.1 Å². The number of thiocarbonyl (C=S) groups is 1. The van der Waals surface area contributed by atoms with Gasteiger partial charge in [-0.1, -0.05) is 97.1 Å². The average molecular weight is 862 g/mol. The second kappa shape index (κ2) is 32.2. The van der Waals surface area contributed by atoms with Crippen molar-refractivity contribution in [3.63, 3.8) is 0 Å². The SMILES string of the molecule is CO.CO.CO.C[NH+](C)Cc1[c-]cccc1.NC(=S)[N-]/N=C/c1ccccc1P(c1ccccc1)c1ccccc1.[Au+3].[Cl-].[Cl-]. The van der Waals surface area contributed by atoms with E-state index < -0.39 is 7.92 Å². The van der Waals surface area contributed by atoms with Crippen LogP contribution in [-0.2, 0) is 28.9 Å². The van der Waals surface area contributed by atoms with Crippen LogP contribution in [0.3, 0.4) is 0 Å². The fraction of sp³-hybridized carbons (Fsp3) is 0.188. The summed E-state index contributed by atoms with van der Waals surface area (Å²) in [5.41, 5.74) is 11.4. The molecule has 0 aliphatic heterocycles. The molecule has 4 aromatic rings. The van der Waals surface area contributed by atoms with E-state index in [1.54, 1.807) is 6.21 Å². The molecule has 6 N–H and O–H groups in total. The molecular formula is C32H42AuCl2N4O3PS. The number of rotatable bonds is 7. The van der Waals surface area contributed by atoms with E-state index in [0.29, 0.717) is 0 Å². The molecule has 0 aliphatic carbocycles. The minimum atomic E-state index is -0.696. The first-order valence-corrected chi connectivity index (χ1v) is 14.4. The van der Waals surface area contributed by atoms with Gasteiger partial charge in [0, 0.05) is 38.2 Å². The number of nitrogens with zero attached hydrogens (tertiary/aromatic N) is 2. The molecule has 4 rings (SSSR count). The maximum atomic E-state index is 7.00. The van der Waals surface area contributed by atoms with E-state index in [-0.39, 0.29) is 52.3 Å². The van der Waals surface area contributed by atoms with Crippen molar-refractivity contribution in [2.24, 2.45) is 10.8 Å². The van der Waals surface area contributed by atoms with Gasteiger partial charge in [-0.05, 0) is 23.8 Å². The molecular weight excluding hydrogens is 819 g/mol. The number of aliphatic hydroxyl groups excluding tert-OH is 3. The van der Waals surface area contributed by atoms with Crippen LogP contribution in [0.25, 0.3) is 5.43 Å². The van der Waals surface area contributed by atoms with E-state index in [4.69, 9.17) is 33.3 Å². The average Bonchev–Trinajstić information content (AvgIpc) is 3.02. The molecule has 12 heteroatoms. The largest absolute Gasteiger partial charge is 3.00 e. The molecule has 44 heavy (non-hydrogen) atoms. The Labute approximate surface area is 297 Å². The zero-order chi connectivity index (χ0) is 30.9. The zero-order valence-electron chi connectivity index (χ0n) is 25.4. The van der Waals surface area contributed by atoms with Gasteiger partial charge in [-0.15, -0.1) is 5.56 Å². The van der Waals surface area contributed by atoms with Crippen LogP contribution >= 0.6 is 20.1 Å². The smallest absolute Gasteiger partial charge is 1.00 e. The number of hydrogen-bond donors (Lipinski definition) is 5. The normalized spacial score (nSPS) is 8.95. The van der Waals surface area contributed by atoms with Crippen LogP contribution < -0.4 is 51.4 Å². The second-order valence-electron chi connectivity index (χ2n) is 8.02. The van der Waals surface area contributed by atoms with E-state index in [0.717, 1.165) is 33.4 Å². The Kier molecular flexibility index (Phi) is 35.7. The second-order valence-corrected chi connectivity index (χ2v) is 10.6. The molecule has 0 fully saturated rings. The van der Waals surface area contributed by atoms with Gasteiger partial charge in [-0.3, -0.25) is 5.10 Å². The topological polar surface area (TPSA) is 118 Å². The molecule has 0 aromatic heterocycles. The third kappa shape index (κ3) is 20.0. The number of nitrogens with one attached hydrogen (secondary N) is 1. The first-order chi connectivity index (χ1) is 20.0. The summed E-state index contributed by atoms with van der Waals surface area (Å²) in [5, 5.41) is 28.8. The van der Waals surface area contributed by atoms with Crippen molar-refractivity contribution in [1.82, 2.24) is 0 Å². The van der Waals surface area contributed by atoms with Gasteiger partial charge < -0.3 is 56.2 Å². The molecule has 0 spiro atoms. The van der Waals surface area contributed by atoms with Crippen LogP contribution in [0.15, 0.2) is 114 Å². The van der Waals surface area contributed by atoms with Gasteiger partial charge in [0.1, 0.15) is 0 Å². The van der Waals surface area contributed by atoms with Gasteiger partial charge in [0.2, 0.25) is 0 Å². The van der Waals surface area contributed by atoms with Crippen LogP contribution in [0, 0.1) is 6.07 Å². The molecule has 244 valence electrons. The van der Waals surface area contributed by atoms with Crippen LogP contribution in [0.5, 0.6) is 0 Å². The maximum absolute atomic E-state index is 7.00. The number of benzene rings is 4. The summed E-state index contributed by atoms with van der Waals surface area (Å²) in [4.78, 5) is 1.43. The Morgan fingerprint density at radius 2 is 1.25 bits per heavy atom. The molecule has 0 saturated carbocycles. The van der Waals surface area contributed by atoms with E-state index >= 15 is 0 Å². The van der Waals surface area contributed by atoms with Crippen molar-refractivity contribution in [1.29, 1.82) is 0 Å².